The van der Waals surface area contributed by atoms with Gasteiger partial charge in [-0.1, -0.05) is 24.3 Å². The lowest BCUT2D eigenvalue weighted by Gasteiger charge is -2.34. The van der Waals surface area contributed by atoms with Crippen LogP contribution < -0.4 is 21.7 Å². The highest BCUT2D eigenvalue weighted by molar-refractivity contribution is 6.03. The summed E-state index contributed by atoms with van der Waals surface area (Å²) in [6, 6.07) is 10.5. The number of nitrogens with zero attached hydrogens (tertiary/aromatic N) is 3. The van der Waals surface area contributed by atoms with E-state index in [9.17, 15) is 22.8 Å². The van der Waals surface area contributed by atoms with E-state index < -0.39 is 23.6 Å². The van der Waals surface area contributed by atoms with Gasteiger partial charge in [-0.15, -0.1) is 0 Å². The number of benzene rings is 2. The van der Waals surface area contributed by atoms with Crippen molar-refractivity contribution in [3.8, 4) is 11.3 Å². The summed E-state index contributed by atoms with van der Waals surface area (Å²) in [6.07, 6.45) is -3.33. The van der Waals surface area contributed by atoms with Crippen LogP contribution in [0.5, 0.6) is 0 Å². The van der Waals surface area contributed by atoms with Gasteiger partial charge in [-0.05, 0) is 50.5 Å². The molecular weight excluding hydrogens is 525 g/mol. The fourth-order valence-corrected chi connectivity index (χ4v) is 4.91. The molecular formula is C28H33F3N6O3. The van der Waals surface area contributed by atoms with Crippen molar-refractivity contribution in [1.29, 1.82) is 0 Å². The van der Waals surface area contributed by atoms with E-state index in [1.807, 2.05) is 13.8 Å². The molecule has 40 heavy (non-hydrogen) atoms. The maximum Gasteiger partial charge on any atom is 0.418 e. The summed E-state index contributed by atoms with van der Waals surface area (Å²) >= 11 is 0. The molecule has 0 spiro atoms. The molecule has 0 radical (unpaired) electrons. The zero-order valence-corrected chi connectivity index (χ0v) is 22.6. The van der Waals surface area contributed by atoms with Crippen LogP contribution in [-0.4, -0.2) is 47.9 Å². The number of ether oxygens (including phenoxy) is 1. The second kappa shape index (κ2) is 11.6. The number of halogens is 3. The number of methoxy groups -OCH3 is 1. The van der Waals surface area contributed by atoms with Crippen LogP contribution in [0.3, 0.4) is 0 Å². The van der Waals surface area contributed by atoms with Gasteiger partial charge in [0, 0.05) is 43.2 Å². The third kappa shape index (κ3) is 6.22. The molecule has 4 rings (SSSR count). The molecule has 9 nitrogen and oxygen atoms in total. The third-order valence-electron chi connectivity index (χ3n) is 6.98. The monoisotopic (exact) mass is 558 g/mol. The van der Waals surface area contributed by atoms with Gasteiger partial charge in [0.15, 0.2) is 0 Å². The van der Waals surface area contributed by atoms with Gasteiger partial charge in [0.25, 0.3) is 5.91 Å². The summed E-state index contributed by atoms with van der Waals surface area (Å²) in [4.78, 5) is 26.4. The zero-order valence-electron chi connectivity index (χ0n) is 22.6. The summed E-state index contributed by atoms with van der Waals surface area (Å²) in [5, 5.41) is 7.01. The lowest BCUT2D eigenvalue weighted by molar-refractivity contribution is -0.137. The Bertz CT molecular complexity index is 1380. The second-order valence-electron chi connectivity index (χ2n) is 10.1. The van der Waals surface area contributed by atoms with Gasteiger partial charge < -0.3 is 26.4 Å². The number of nitrogens with two attached hydrogens (primary N) is 2. The van der Waals surface area contributed by atoms with Gasteiger partial charge in [-0.2, -0.15) is 18.3 Å². The van der Waals surface area contributed by atoms with Crippen molar-refractivity contribution in [3.05, 3.63) is 59.2 Å². The Morgan fingerprint density at radius 2 is 1.77 bits per heavy atom. The van der Waals surface area contributed by atoms with E-state index in [-0.39, 0.29) is 41.3 Å². The standard InChI is InChI=1S/C28H33F3N6O3/c1-16(2)37-26(32)24(27(33)39)25(35-37)18-6-4-17(5-7-18)14-23(38)34-19-8-9-22(21(15-19)28(29,30)31)36-12-10-20(40-3)11-13-36/h4-9,15-16,20H,10-14,32H2,1-3H3,(H2,33,39)(H,34,38). The normalized spacial score (nSPS) is 14.5. The largest absolute Gasteiger partial charge is 0.418 e. The van der Waals surface area contributed by atoms with Crippen LogP contribution in [0.4, 0.5) is 30.4 Å². The molecule has 0 saturated carbocycles. The fourth-order valence-electron chi connectivity index (χ4n) is 4.91. The summed E-state index contributed by atoms with van der Waals surface area (Å²) < 4.78 is 48.6. The quantitative estimate of drug-likeness (QED) is 0.370. The fraction of sp³-hybridized carbons (Fsp3) is 0.393. The van der Waals surface area contributed by atoms with Gasteiger partial charge in [0.1, 0.15) is 17.1 Å². The molecule has 2 amide bonds. The summed E-state index contributed by atoms with van der Waals surface area (Å²) in [7, 11) is 1.60. The molecule has 1 fully saturated rings. The number of nitrogens with one attached hydrogen (secondary N) is 1. The second-order valence-corrected chi connectivity index (χ2v) is 10.1. The number of piperidine rings is 1. The van der Waals surface area contributed by atoms with E-state index in [1.165, 1.54) is 16.8 Å². The molecule has 0 aliphatic carbocycles. The molecule has 1 aromatic heterocycles. The number of anilines is 3. The van der Waals surface area contributed by atoms with E-state index in [4.69, 9.17) is 16.2 Å². The Kier molecular flexibility index (Phi) is 8.38. The number of rotatable bonds is 8. The summed E-state index contributed by atoms with van der Waals surface area (Å²) in [5.41, 5.74) is 12.6. The van der Waals surface area contributed by atoms with Gasteiger partial charge in [-0.3, -0.25) is 9.59 Å². The number of amides is 2. The summed E-state index contributed by atoms with van der Waals surface area (Å²) in [6.45, 7) is 4.65. The minimum absolute atomic E-state index is 0.0406. The SMILES string of the molecule is COC1CCN(c2ccc(NC(=O)Cc3ccc(-c4nn(C(C)C)c(N)c4C(N)=O)cc3)cc2C(F)(F)F)CC1. The summed E-state index contributed by atoms with van der Waals surface area (Å²) in [5.74, 6) is -1.00. The molecule has 0 atom stereocenters. The first-order valence-electron chi connectivity index (χ1n) is 12.9. The van der Waals surface area contributed by atoms with Crippen LogP contribution in [-0.2, 0) is 22.1 Å². The smallest absolute Gasteiger partial charge is 0.383 e. The highest BCUT2D eigenvalue weighted by Gasteiger charge is 2.36. The molecule has 3 aromatic rings. The zero-order chi connectivity index (χ0) is 29.2. The van der Waals surface area contributed by atoms with Crippen LogP contribution >= 0.6 is 0 Å². The Morgan fingerprint density at radius 1 is 1.12 bits per heavy atom. The van der Waals surface area contributed by atoms with Crippen LogP contribution in [0.1, 0.15) is 54.2 Å². The van der Waals surface area contributed by atoms with Crippen LogP contribution in [0.25, 0.3) is 11.3 Å². The van der Waals surface area contributed by atoms with Crippen molar-refractivity contribution < 1.29 is 27.5 Å². The van der Waals surface area contributed by atoms with E-state index in [0.29, 0.717) is 42.8 Å². The Labute approximate surface area is 230 Å². The van der Waals surface area contributed by atoms with Gasteiger partial charge in [0.05, 0.1) is 18.1 Å². The van der Waals surface area contributed by atoms with Crippen molar-refractivity contribution in [2.24, 2.45) is 5.73 Å². The third-order valence-corrected chi connectivity index (χ3v) is 6.98. The first-order valence-corrected chi connectivity index (χ1v) is 12.9. The van der Waals surface area contributed by atoms with Crippen LogP contribution in [0.2, 0.25) is 0 Å². The topological polar surface area (TPSA) is 128 Å². The Balaban J connectivity index is 1.48. The Hall–Kier alpha value is -4.06. The highest BCUT2D eigenvalue weighted by Crippen LogP contribution is 2.39. The van der Waals surface area contributed by atoms with Gasteiger partial charge in [-0.25, -0.2) is 4.68 Å². The number of hydrogen-bond acceptors (Lipinski definition) is 6. The first-order chi connectivity index (χ1) is 18.9. The van der Waals surface area contributed by atoms with E-state index in [2.05, 4.69) is 10.4 Å². The highest BCUT2D eigenvalue weighted by atomic mass is 19.4. The predicted octanol–water partition coefficient (Wildman–Crippen LogP) is 4.63. The molecule has 1 saturated heterocycles. The van der Waals surface area contributed by atoms with Crippen molar-refractivity contribution in [3.63, 3.8) is 0 Å². The Morgan fingerprint density at radius 3 is 2.33 bits per heavy atom. The van der Waals surface area contributed by atoms with Crippen molar-refractivity contribution >= 4 is 29.0 Å². The molecule has 0 bridgehead atoms. The van der Waals surface area contributed by atoms with Crippen LogP contribution in [0, 0.1) is 0 Å². The average Bonchev–Trinajstić information content (AvgIpc) is 3.26. The number of carbonyl (C=O) groups excluding carboxylic acids is 2. The van der Waals surface area contributed by atoms with Crippen LogP contribution in [0.15, 0.2) is 42.5 Å². The number of nitrogen functional groups attached to an aromatic ring is 1. The molecule has 1 aliphatic heterocycles. The molecule has 1 aliphatic rings. The molecule has 12 heteroatoms. The number of hydrogen-bond donors (Lipinski definition) is 3. The van der Waals surface area contributed by atoms with E-state index in [1.54, 1.807) is 36.3 Å². The molecule has 2 aromatic carbocycles. The van der Waals surface area contributed by atoms with Gasteiger partial charge >= 0.3 is 6.18 Å². The van der Waals surface area contributed by atoms with Crippen molar-refractivity contribution in [2.75, 3.05) is 36.1 Å². The average molecular weight is 559 g/mol. The molecule has 214 valence electrons. The first kappa shape index (κ1) is 28.9. The molecule has 5 N–H and O–H groups in total. The minimum Gasteiger partial charge on any atom is -0.383 e. The molecule has 0 unspecified atom stereocenters. The maximum absolute atomic E-state index is 13.9. The van der Waals surface area contributed by atoms with Crippen molar-refractivity contribution in [1.82, 2.24) is 9.78 Å². The minimum atomic E-state index is -4.58. The lowest BCUT2D eigenvalue weighted by Crippen LogP contribution is -2.37. The van der Waals surface area contributed by atoms with E-state index in [0.717, 1.165) is 6.07 Å². The number of aromatic nitrogens is 2. The number of carbonyl (C=O) groups is 2. The number of alkyl halides is 3. The predicted molar refractivity (Wildman–Crippen MR) is 147 cm³/mol. The van der Waals surface area contributed by atoms with Crippen molar-refractivity contribution in [2.45, 2.75) is 51.4 Å². The number of primary amides is 1. The van der Waals surface area contributed by atoms with E-state index >= 15 is 0 Å². The molecule has 2 heterocycles. The maximum atomic E-state index is 13.9. The van der Waals surface area contributed by atoms with Gasteiger partial charge in [0.2, 0.25) is 5.91 Å². The lowest BCUT2D eigenvalue weighted by atomic mass is 10.0.